The molecule has 1 aromatic heterocycles. The van der Waals surface area contributed by atoms with Crippen LogP contribution in [0.1, 0.15) is 23.5 Å². The van der Waals surface area contributed by atoms with E-state index in [1.165, 1.54) is 12.8 Å². The summed E-state index contributed by atoms with van der Waals surface area (Å²) in [5.41, 5.74) is 0.983. The molecule has 0 aliphatic carbocycles. The second-order valence-electron chi connectivity index (χ2n) is 5.29. The van der Waals surface area contributed by atoms with Gasteiger partial charge in [0.15, 0.2) is 0 Å². The number of ether oxygens (including phenoxy) is 1. The molecule has 5 heteroatoms. The maximum atomic E-state index is 10.3. The van der Waals surface area contributed by atoms with Gasteiger partial charge in [-0.15, -0.1) is 11.3 Å². The summed E-state index contributed by atoms with van der Waals surface area (Å²) in [6, 6.07) is 0.593. The SMILES string of the molecule is Cc1nc(CC(O)C2CN3CCCC3CO2)cs1. The Balaban J connectivity index is 1.57. The zero-order valence-corrected chi connectivity index (χ0v) is 11.5. The highest BCUT2D eigenvalue weighted by Crippen LogP contribution is 2.24. The third-order valence-corrected chi connectivity index (χ3v) is 4.75. The lowest BCUT2D eigenvalue weighted by Gasteiger charge is -2.37. The molecule has 4 nitrogen and oxygen atoms in total. The molecule has 1 N–H and O–H groups in total. The van der Waals surface area contributed by atoms with Crippen LogP contribution >= 0.6 is 11.3 Å². The minimum absolute atomic E-state index is 0.0543. The Morgan fingerprint density at radius 3 is 3.33 bits per heavy atom. The number of aliphatic hydroxyl groups excluding tert-OH is 1. The van der Waals surface area contributed by atoms with Crippen molar-refractivity contribution in [2.45, 2.75) is 44.4 Å². The highest BCUT2D eigenvalue weighted by molar-refractivity contribution is 7.09. The molecule has 2 fully saturated rings. The standard InChI is InChI=1S/C13H20N2O2S/c1-9-14-10(8-18-9)5-12(16)13-6-15-4-2-3-11(15)7-17-13/h8,11-13,16H,2-7H2,1H3. The van der Waals surface area contributed by atoms with Gasteiger partial charge in [0.05, 0.1) is 29.5 Å². The molecule has 0 bridgehead atoms. The number of fused-ring (bicyclic) bond motifs is 1. The molecule has 2 aliphatic rings. The first kappa shape index (κ1) is 12.5. The van der Waals surface area contributed by atoms with Crippen LogP contribution < -0.4 is 0 Å². The van der Waals surface area contributed by atoms with Crippen LogP contribution in [0.5, 0.6) is 0 Å². The molecule has 3 heterocycles. The fourth-order valence-corrected chi connectivity index (χ4v) is 3.55. The number of hydrogen-bond acceptors (Lipinski definition) is 5. The molecule has 2 aliphatic heterocycles. The van der Waals surface area contributed by atoms with Crippen LogP contribution in [-0.2, 0) is 11.2 Å². The van der Waals surface area contributed by atoms with Gasteiger partial charge < -0.3 is 9.84 Å². The largest absolute Gasteiger partial charge is 0.390 e. The molecule has 1 aromatic rings. The van der Waals surface area contributed by atoms with Crippen LogP contribution in [-0.4, -0.2) is 52.9 Å². The number of rotatable bonds is 3. The van der Waals surface area contributed by atoms with Gasteiger partial charge in [-0.05, 0) is 26.3 Å². The van der Waals surface area contributed by atoms with Crippen LogP contribution in [0.15, 0.2) is 5.38 Å². The highest BCUT2D eigenvalue weighted by atomic mass is 32.1. The van der Waals surface area contributed by atoms with Crippen molar-refractivity contribution in [1.82, 2.24) is 9.88 Å². The van der Waals surface area contributed by atoms with E-state index < -0.39 is 6.10 Å². The summed E-state index contributed by atoms with van der Waals surface area (Å²) in [6.07, 6.45) is 2.62. The van der Waals surface area contributed by atoms with Gasteiger partial charge in [-0.25, -0.2) is 4.98 Å². The molecular weight excluding hydrogens is 248 g/mol. The molecule has 0 amide bonds. The van der Waals surface area contributed by atoms with Gasteiger partial charge in [0, 0.05) is 24.4 Å². The lowest BCUT2D eigenvalue weighted by Crippen LogP contribution is -2.50. The number of hydrogen-bond donors (Lipinski definition) is 1. The summed E-state index contributed by atoms with van der Waals surface area (Å²) in [7, 11) is 0. The second-order valence-corrected chi connectivity index (χ2v) is 6.35. The van der Waals surface area contributed by atoms with Crippen molar-refractivity contribution in [2.24, 2.45) is 0 Å². The number of aliphatic hydroxyl groups is 1. The average Bonchev–Trinajstić information content (AvgIpc) is 2.96. The van der Waals surface area contributed by atoms with Gasteiger partial charge in [0.1, 0.15) is 0 Å². The van der Waals surface area contributed by atoms with E-state index in [0.717, 1.165) is 30.4 Å². The molecule has 3 unspecified atom stereocenters. The van der Waals surface area contributed by atoms with Crippen molar-refractivity contribution in [1.29, 1.82) is 0 Å². The second kappa shape index (κ2) is 5.25. The van der Waals surface area contributed by atoms with Gasteiger partial charge in [0.2, 0.25) is 0 Å². The normalized spacial score (nSPS) is 30.3. The monoisotopic (exact) mass is 268 g/mol. The minimum Gasteiger partial charge on any atom is -0.390 e. The fraction of sp³-hybridized carbons (Fsp3) is 0.769. The molecule has 2 saturated heterocycles. The van der Waals surface area contributed by atoms with Crippen molar-refractivity contribution < 1.29 is 9.84 Å². The molecule has 18 heavy (non-hydrogen) atoms. The Labute approximate surface area is 112 Å². The van der Waals surface area contributed by atoms with Crippen molar-refractivity contribution in [3.63, 3.8) is 0 Å². The number of aryl methyl sites for hydroxylation is 1. The predicted octanol–water partition coefficient (Wildman–Crippen LogP) is 1.22. The van der Waals surface area contributed by atoms with E-state index in [-0.39, 0.29) is 6.10 Å². The van der Waals surface area contributed by atoms with Crippen LogP contribution in [0.4, 0.5) is 0 Å². The maximum Gasteiger partial charge on any atom is 0.0965 e. The highest BCUT2D eigenvalue weighted by Gasteiger charge is 2.35. The Hall–Kier alpha value is -0.490. The topological polar surface area (TPSA) is 45.6 Å². The van der Waals surface area contributed by atoms with E-state index in [0.29, 0.717) is 12.5 Å². The first-order valence-corrected chi connectivity index (χ1v) is 7.55. The van der Waals surface area contributed by atoms with E-state index in [9.17, 15) is 5.11 Å². The molecule has 0 aromatic carbocycles. The first-order valence-electron chi connectivity index (χ1n) is 6.67. The number of nitrogens with zero attached hydrogens (tertiary/aromatic N) is 2. The summed E-state index contributed by atoms with van der Waals surface area (Å²) >= 11 is 1.64. The summed E-state index contributed by atoms with van der Waals surface area (Å²) in [5.74, 6) is 0. The quantitative estimate of drug-likeness (QED) is 0.895. The number of thiazole rings is 1. The van der Waals surface area contributed by atoms with E-state index in [1.807, 2.05) is 12.3 Å². The van der Waals surface area contributed by atoms with E-state index in [1.54, 1.807) is 11.3 Å². The molecular formula is C13H20N2O2S. The molecule has 0 spiro atoms. The summed E-state index contributed by atoms with van der Waals surface area (Å²) in [5, 5.41) is 13.4. The lowest BCUT2D eigenvalue weighted by atomic mass is 10.1. The zero-order chi connectivity index (χ0) is 12.5. The van der Waals surface area contributed by atoms with Crippen molar-refractivity contribution in [3.05, 3.63) is 16.1 Å². The molecule has 100 valence electrons. The van der Waals surface area contributed by atoms with Crippen LogP contribution in [0, 0.1) is 6.92 Å². The van der Waals surface area contributed by atoms with Crippen molar-refractivity contribution in [2.75, 3.05) is 19.7 Å². The molecule has 3 atom stereocenters. The zero-order valence-electron chi connectivity index (χ0n) is 10.7. The maximum absolute atomic E-state index is 10.3. The van der Waals surface area contributed by atoms with Crippen molar-refractivity contribution in [3.8, 4) is 0 Å². The van der Waals surface area contributed by atoms with Gasteiger partial charge in [-0.1, -0.05) is 0 Å². The van der Waals surface area contributed by atoms with E-state index >= 15 is 0 Å². The number of morpholine rings is 1. The van der Waals surface area contributed by atoms with Gasteiger partial charge in [-0.2, -0.15) is 0 Å². The van der Waals surface area contributed by atoms with Gasteiger partial charge >= 0.3 is 0 Å². The van der Waals surface area contributed by atoms with Crippen LogP contribution in [0.3, 0.4) is 0 Å². The van der Waals surface area contributed by atoms with Crippen LogP contribution in [0.25, 0.3) is 0 Å². The van der Waals surface area contributed by atoms with E-state index in [2.05, 4.69) is 9.88 Å². The Bertz CT molecular complexity index is 409. The van der Waals surface area contributed by atoms with Gasteiger partial charge in [-0.3, -0.25) is 4.90 Å². The summed E-state index contributed by atoms with van der Waals surface area (Å²) < 4.78 is 5.82. The minimum atomic E-state index is -0.437. The fourth-order valence-electron chi connectivity index (χ4n) is 2.92. The average molecular weight is 268 g/mol. The van der Waals surface area contributed by atoms with Crippen LogP contribution in [0.2, 0.25) is 0 Å². The lowest BCUT2D eigenvalue weighted by molar-refractivity contribution is -0.101. The smallest absolute Gasteiger partial charge is 0.0965 e. The number of aromatic nitrogens is 1. The third kappa shape index (κ3) is 2.59. The first-order chi connectivity index (χ1) is 8.72. The Kier molecular flexibility index (Phi) is 3.66. The van der Waals surface area contributed by atoms with Gasteiger partial charge in [0.25, 0.3) is 0 Å². The summed E-state index contributed by atoms with van der Waals surface area (Å²) in [6.45, 7) is 4.80. The third-order valence-electron chi connectivity index (χ3n) is 3.93. The molecule has 0 saturated carbocycles. The molecule has 0 radical (unpaired) electrons. The Morgan fingerprint density at radius 1 is 1.67 bits per heavy atom. The predicted molar refractivity (Wildman–Crippen MR) is 70.9 cm³/mol. The van der Waals surface area contributed by atoms with E-state index in [4.69, 9.17) is 4.74 Å². The van der Waals surface area contributed by atoms with Crippen molar-refractivity contribution >= 4 is 11.3 Å². The summed E-state index contributed by atoms with van der Waals surface area (Å²) in [4.78, 5) is 6.86. The Morgan fingerprint density at radius 2 is 2.56 bits per heavy atom. The molecule has 3 rings (SSSR count).